The molecule has 1 aromatic heterocycles. The summed E-state index contributed by atoms with van der Waals surface area (Å²) in [7, 11) is 0. The van der Waals surface area contributed by atoms with Crippen molar-refractivity contribution in [2.75, 3.05) is 13.1 Å². The number of aliphatic carboxylic acids is 3. The molecule has 1 heterocycles. The van der Waals surface area contributed by atoms with Gasteiger partial charge in [-0.3, -0.25) is 19.7 Å². The van der Waals surface area contributed by atoms with Gasteiger partial charge in [-0.15, -0.1) is 0 Å². The van der Waals surface area contributed by atoms with Gasteiger partial charge in [0.15, 0.2) is 0 Å². The van der Waals surface area contributed by atoms with Gasteiger partial charge in [0.25, 0.3) is 0 Å². The molecule has 0 spiro atoms. The Morgan fingerprint density at radius 3 is 2.29 bits per heavy atom. The highest BCUT2D eigenvalue weighted by molar-refractivity contribution is 5.86. The van der Waals surface area contributed by atoms with E-state index in [1.54, 1.807) is 24.4 Å². The van der Waals surface area contributed by atoms with Crippen LogP contribution < -0.4 is 10.6 Å². The van der Waals surface area contributed by atoms with Crippen LogP contribution in [0.25, 0.3) is 0 Å². The molecule has 0 aliphatic heterocycles. The van der Waals surface area contributed by atoms with E-state index < -0.39 is 42.4 Å². The van der Waals surface area contributed by atoms with Crippen LogP contribution in [0.2, 0.25) is 0 Å². The van der Waals surface area contributed by atoms with Crippen LogP contribution in [-0.4, -0.2) is 81.0 Å². The standard InChI is InChI=1S/C23H31N5O7/c1-3-4-7-16(24-2)14-28(15-17-8-5-6-12-25-17)13-11-19(22(33)34)27-23(35)26-18(21(31)32)9-10-20(29)30/h3-8,12,18-19H,2,9-11,13-15H2,1H3,(H,29,30)(H,31,32)(H,33,34)(H2,26,27,35)/b4-3-,16-7-/t18-,19-/m0/s1. The topological polar surface area (TPSA) is 182 Å². The number of allylic oxidation sites excluding steroid dienone is 3. The van der Waals surface area contributed by atoms with E-state index in [-0.39, 0.29) is 19.4 Å². The fraction of sp³-hybridized carbons (Fsp3) is 0.391. The summed E-state index contributed by atoms with van der Waals surface area (Å²) in [5.41, 5.74) is 1.40. The lowest BCUT2D eigenvalue weighted by Crippen LogP contribution is -2.51. The lowest BCUT2D eigenvalue weighted by atomic mass is 10.1. The lowest BCUT2D eigenvalue weighted by molar-refractivity contribution is -0.140. The van der Waals surface area contributed by atoms with E-state index in [9.17, 15) is 29.4 Å². The first-order valence-corrected chi connectivity index (χ1v) is 10.8. The highest BCUT2D eigenvalue weighted by Gasteiger charge is 2.25. The molecule has 0 aliphatic carbocycles. The summed E-state index contributed by atoms with van der Waals surface area (Å²) in [6, 6.07) is 1.62. The summed E-state index contributed by atoms with van der Waals surface area (Å²) in [5.74, 6) is -3.94. The van der Waals surface area contributed by atoms with Crippen molar-refractivity contribution in [2.45, 2.75) is 44.8 Å². The Morgan fingerprint density at radius 1 is 1.11 bits per heavy atom. The number of aliphatic imine (C=N–C) groups is 1. The van der Waals surface area contributed by atoms with Crippen LogP contribution in [0.5, 0.6) is 0 Å². The summed E-state index contributed by atoms with van der Waals surface area (Å²) >= 11 is 0. The quantitative estimate of drug-likeness (QED) is 0.170. The first-order chi connectivity index (χ1) is 16.7. The third kappa shape index (κ3) is 12.1. The fourth-order valence-electron chi connectivity index (χ4n) is 2.98. The van der Waals surface area contributed by atoms with Gasteiger partial charge in [-0.1, -0.05) is 18.2 Å². The average molecular weight is 490 g/mol. The van der Waals surface area contributed by atoms with E-state index in [0.717, 1.165) is 5.69 Å². The molecule has 12 nitrogen and oxygen atoms in total. The molecule has 190 valence electrons. The van der Waals surface area contributed by atoms with Crippen LogP contribution in [0, 0.1) is 0 Å². The minimum absolute atomic E-state index is 0.00348. The number of aromatic nitrogens is 1. The number of hydrogen-bond donors (Lipinski definition) is 5. The first-order valence-electron chi connectivity index (χ1n) is 10.8. The first kappa shape index (κ1) is 29.0. The molecule has 0 aromatic carbocycles. The third-order valence-electron chi connectivity index (χ3n) is 4.77. The van der Waals surface area contributed by atoms with E-state index in [4.69, 9.17) is 5.11 Å². The second-order valence-corrected chi connectivity index (χ2v) is 7.49. The maximum atomic E-state index is 12.2. The molecule has 2 amide bonds. The Hall–Kier alpha value is -4.06. The zero-order chi connectivity index (χ0) is 26.2. The van der Waals surface area contributed by atoms with Crippen molar-refractivity contribution in [3.8, 4) is 0 Å². The Labute approximate surface area is 203 Å². The van der Waals surface area contributed by atoms with Crippen molar-refractivity contribution >= 4 is 30.7 Å². The highest BCUT2D eigenvalue weighted by Crippen LogP contribution is 2.09. The predicted octanol–water partition coefficient (Wildman–Crippen LogP) is 1.50. The molecule has 0 unspecified atom stereocenters. The van der Waals surface area contributed by atoms with Crippen LogP contribution in [0.4, 0.5) is 4.79 Å². The molecule has 35 heavy (non-hydrogen) atoms. The third-order valence-corrected chi connectivity index (χ3v) is 4.77. The molecule has 0 aliphatic rings. The number of rotatable bonds is 16. The number of carboxylic acid groups (broad SMARTS) is 3. The Kier molecular flexibility index (Phi) is 13.0. The van der Waals surface area contributed by atoms with Crippen LogP contribution in [0.1, 0.15) is 31.9 Å². The van der Waals surface area contributed by atoms with Gasteiger partial charge in [-0.2, -0.15) is 0 Å². The number of nitrogens with zero attached hydrogens (tertiary/aromatic N) is 3. The van der Waals surface area contributed by atoms with Gasteiger partial charge in [0.05, 0.1) is 11.4 Å². The Morgan fingerprint density at radius 2 is 1.77 bits per heavy atom. The number of urea groups is 1. The van der Waals surface area contributed by atoms with E-state index >= 15 is 0 Å². The monoisotopic (exact) mass is 489 g/mol. The van der Waals surface area contributed by atoms with E-state index in [0.29, 0.717) is 18.8 Å². The van der Waals surface area contributed by atoms with Crippen molar-refractivity contribution in [1.82, 2.24) is 20.5 Å². The summed E-state index contributed by atoms with van der Waals surface area (Å²) in [6.45, 7) is 6.39. The second kappa shape index (κ2) is 15.7. The van der Waals surface area contributed by atoms with Gasteiger partial charge < -0.3 is 26.0 Å². The summed E-state index contributed by atoms with van der Waals surface area (Å²) in [5, 5.41) is 31.8. The van der Waals surface area contributed by atoms with Crippen LogP contribution in [-0.2, 0) is 20.9 Å². The van der Waals surface area contributed by atoms with Crippen molar-refractivity contribution in [3.05, 3.63) is 54.0 Å². The zero-order valence-electron chi connectivity index (χ0n) is 19.5. The number of carbonyl (C=O) groups excluding carboxylic acids is 1. The Balaban J connectivity index is 2.88. The van der Waals surface area contributed by atoms with Crippen LogP contribution in [0.3, 0.4) is 0 Å². The van der Waals surface area contributed by atoms with Gasteiger partial charge in [0.2, 0.25) is 0 Å². The van der Waals surface area contributed by atoms with E-state index in [1.807, 2.05) is 30.0 Å². The summed E-state index contributed by atoms with van der Waals surface area (Å²) < 4.78 is 0. The van der Waals surface area contributed by atoms with E-state index in [1.165, 1.54) is 0 Å². The van der Waals surface area contributed by atoms with Gasteiger partial charge in [-0.25, -0.2) is 14.4 Å². The predicted molar refractivity (Wildman–Crippen MR) is 128 cm³/mol. The molecule has 1 aromatic rings. The molecule has 1 rings (SSSR count). The zero-order valence-corrected chi connectivity index (χ0v) is 19.5. The molecule has 2 atom stereocenters. The molecule has 0 fully saturated rings. The number of hydrogen-bond acceptors (Lipinski definition) is 7. The number of carboxylic acids is 3. The highest BCUT2D eigenvalue weighted by atomic mass is 16.4. The van der Waals surface area contributed by atoms with Gasteiger partial charge >= 0.3 is 23.9 Å². The molecule has 5 N–H and O–H groups in total. The molecule has 0 bridgehead atoms. The number of amides is 2. The van der Waals surface area contributed by atoms with Crippen LogP contribution in [0.15, 0.2) is 53.3 Å². The average Bonchev–Trinajstić information content (AvgIpc) is 2.81. The van der Waals surface area contributed by atoms with Gasteiger partial charge in [0.1, 0.15) is 12.1 Å². The van der Waals surface area contributed by atoms with Crippen molar-refractivity contribution < 1.29 is 34.5 Å². The largest absolute Gasteiger partial charge is 0.481 e. The molecule has 12 heteroatoms. The molecule has 0 saturated heterocycles. The smallest absolute Gasteiger partial charge is 0.326 e. The maximum absolute atomic E-state index is 12.2. The summed E-state index contributed by atoms with van der Waals surface area (Å²) in [6.07, 6.45) is 6.24. The van der Waals surface area contributed by atoms with Crippen molar-refractivity contribution in [2.24, 2.45) is 4.99 Å². The second-order valence-electron chi connectivity index (χ2n) is 7.49. The number of nitrogens with one attached hydrogen (secondary N) is 2. The van der Waals surface area contributed by atoms with Gasteiger partial charge in [-0.05, 0) is 44.7 Å². The number of carbonyl (C=O) groups is 4. The Bertz CT molecular complexity index is 933. The van der Waals surface area contributed by atoms with E-state index in [2.05, 4.69) is 27.3 Å². The molecular formula is C23H31N5O7. The molecule has 0 saturated carbocycles. The van der Waals surface area contributed by atoms with Gasteiger partial charge in [0, 0.05) is 32.3 Å². The summed E-state index contributed by atoms with van der Waals surface area (Å²) in [4.78, 5) is 56.1. The minimum atomic E-state index is -1.47. The van der Waals surface area contributed by atoms with Crippen molar-refractivity contribution in [3.63, 3.8) is 0 Å². The molecular weight excluding hydrogens is 458 g/mol. The van der Waals surface area contributed by atoms with Crippen LogP contribution >= 0.6 is 0 Å². The number of pyridine rings is 1. The fourth-order valence-corrected chi connectivity index (χ4v) is 2.98. The SMILES string of the molecule is C=N/C(=C\C=C/C)CN(CC[C@H](NC(=O)N[C@@H](CCC(=O)O)C(=O)O)C(=O)O)Cc1ccccn1. The maximum Gasteiger partial charge on any atom is 0.326 e. The normalized spacial score (nSPS) is 13.3. The lowest BCUT2D eigenvalue weighted by Gasteiger charge is -2.24. The molecule has 0 radical (unpaired) electrons. The van der Waals surface area contributed by atoms with Crippen molar-refractivity contribution in [1.29, 1.82) is 0 Å². The minimum Gasteiger partial charge on any atom is -0.481 e.